The molecule has 2 N–H and O–H groups in total. The molecule has 4 rings (SSSR count). The summed E-state index contributed by atoms with van der Waals surface area (Å²) in [6.45, 7) is 1.70. The number of halogens is 2. The van der Waals surface area contributed by atoms with Gasteiger partial charge in [0.05, 0.1) is 33.4 Å². The fourth-order valence-electron chi connectivity index (χ4n) is 3.77. The smallest absolute Gasteiger partial charge is 0.870 e. The van der Waals surface area contributed by atoms with Gasteiger partial charge in [-0.3, -0.25) is 9.35 Å². The predicted molar refractivity (Wildman–Crippen MR) is 144 cm³/mol. The molecule has 0 fully saturated rings. The van der Waals surface area contributed by atoms with Crippen LogP contribution >= 0.6 is 23.2 Å². The van der Waals surface area contributed by atoms with Crippen LogP contribution in [0.4, 0.5) is 17.1 Å². The van der Waals surface area contributed by atoms with Crippen LogP contribution in [0.3, 0.4) is 0 Å². The minimum atomic E-state index is -4.56. The van der Waals surface area contributed by atoms with E-state index in [4.69, 9.17) is 27.9 Å². The molecule has 4 aromatic carbocycles. The number of carbonyl (C=O) groups is 1. The monoisotopic (exact) mass is 595 g/mol. The number of methoxy groups -OCH3 is 1. The van der Waals surface area contributed by atoms with Gasteiger partial charge in [0.2, 0.25) is 0 Å². The molecule has 0 spiro atoms. The second kappa shape index (κ2) is 12.6. The first-order valence-corrected chi connectivity index (χ1v) is 13.3. The third-order valence-electron chi connectivity index (χ3n) is 5.69. The Hall–Kier alpha value is -2.70. The number of hydrogen-bond acceptors (Lipinski definition) is 7. The number of aryl methyl sites for hydroxylation is 1. The standard InChI is InChI=1S/C26H21Cl2N3O6S.Na/c1-3-14-11-20(28)22(13-23(14)38(34,35)36)30-31-24-17-7-5-4-6-15(17)10-18(25(24)32)26(33)29-21-12-16(37-2)8-9-19(21)27;/h4-13,32H,3H2,1-2H3,(H,29,33)(H,34,35,36);/q;+1/p-1. The van der Waals surface area contributed by atoms with Crippen molar-refractivity contribution in [3.63, 3.8) is 0 Å². The number of azo groups is 1. The van der Waals surface area contributed by atoms with Crippen LogP contribution < -0.4 is 44.7 Å². The Labute approximate surface area is 256 Å². The number of ether oxygens (including phenoxy) is 1. The molecule has 9 nitrogen and oxygen atoms in total. The van der Waals surface area contributed by atoms with Crippen LogP contribution in [0, 0.1) is 0 Å². The number of amides is 1. The summed E-state index contributed by atoms with van der Waals surface area (Å²) in [4.78, 5) is 12.8. The number of rotatable bonds is 7. The molecule has 0 heterocycles. The zero-order valence-electron chi connectivity index (χ0n) is 21.0. The van der Waals surface area contributed by atoms with Crippen molar-refractivity contribution in [2.75, 3.05) is 12.4 Å². The molecule has 0 aliphatic heterocycles. The van der Waals surface area contributed by atoms with E-state index in [0.29, 0.717) is 22.1 Å². The number of benzene rings is 4. The van der Waals surface area contributed by atoms with E-state index < -0.39 is 21.8 Å². The van der Waals surface area contributed by atoms with Crippen molar-refractivity contribution in [1.82, 2.24) is 0 Å². The van der Waals surface area contributed by atoms with Crippen LogP contribution in [0.25, 0.3) is 10.8 Å². The van der Waals surface area contributed by atoms with Gasteiger partial charge in [0.1, 0.15) is 11.4 Å². The molecular weight excluding hydrogens is 576 g/mol. The Bertz CT molecular complexity index is 1710. The number of fused-ring (bicyclic) bond motifs is 1. The SMILES string of the molecule is CCc1cc(Cl)c(N=Nc2c([O-])c(C(=O)Nc3cc(OC)ccc3Cl)cc3ccccc23)cc1S(=O)(=O)O.[Na+]. The number of hydrogen-bond donors (Lipinski definition) is 2. The van der Waals surface area contributed by atoms with E-state index in [0.717, 1.165) is 6.07 Å². The number of nitrogens with zero attached hydrogens (tertiary/aromatic N) is 2. The number of nitrogens with one attached hydrogen (secondary N) is 1. The molecule has 0 aliphatic rings. The van der Waals surface area contributed by atoms with Gasteiger partial charge in [0, 0.05) is 17.0 Å². The van der Waals surface area contributed by atoms with Crippen LogP contribution in [-0.4, -0.2) is 26.0 Å². The van der Waals surface area contributed by atoms with Crippen molar-refractivity contribution in [2.45, 2.75) is 18.2 Å². The Balaban J connectivity index is 0.00000420. The third-order valence-corrected chi connectivity index (χ3v) is 7.26. The van der Waals surface area contributed by atoms with Crippen LogP contribution in [0.15, 0.2) is 75.8 Å². The summed E-state index contributed by atoms with van der Waals surface area (Å²) in [7, 11) is -3.10. The first kappa shape index (κ1) is 30.8. The fourth-order valence-corrected chi connectivity index (χ4v) is 4.96. The van der Waals surface area contributed by atoms with Gasteiger partial charge >= 0.3 is 29.6 Å². The molecule has 196 valence electrons. The summed E-state index contributed by atoms with van der Waals surface area (Å²) in [5, 5.41) is 25.4. The first-order valence-electron chi connectivity index (χ1n) is 11.1. The van der Waals surface area contributed by atoms with Crippen molar-refractivity contribution in [3.8, 4) is 11.5 Å². The molecule has 0 saturated carbocycles. The molecule has 4 aromatic rings. The van der Waals surface area contributed by atoms with Gasteiger partial charge in [-0.25, -0.2) is 0 Å². The van der Waals surface area contributed by atoms with Crippen molar-refractivity contribution in [2.24, 2.45) is 10.2 Å². The summed E-state index contributed by atoms with van der Waals surface area (Å²) in [5.41, 5.74) is 0.0724. The largest absolute Gasteiger partial charge is 1.00 e. The summed E-state index contributed by atoms with van der Waals surface area (Å²) in [6, 6.07) is 15.3. The predicted octanol–water partition coefficient (Wildman–Crippen LogP) is 3.71. The second-order valence-corrected chi connectivity index (χ2v) is 10.3. The van der Waals surface area contributed by atoms with Crippen LogP contribution in [0.5, 0.6) is 11.5 Å². The van der Waals surface area contributed by atoms with Gasteiger partial charge < -0.3 is 15.2 Å². The van der Waals surface area contributed by atoms with E-state index in [-0.39, 0.29) is 73.5 Å². The first-order chi connectivity index (χ1) is 18.0. The zero-order chi connectivity index (χ0) is 27.6. The van der Waals surface area contributed by atoms with Crippen LogP contribution in [-0.2, 0) is 16.5 Å². The maximum atomic E-state index is 13.4. The Morgan fingerprint density at radius 2 is 1.77 bits per heavy atom. The van der Waals surface area contributed by atoms with E-state index in [1.165, 1.54) is 25.3 Å². The van der Waals surface area contributed by atoms with Crippen molar-refractivity contribution >= 4 is 67.1 Å². The quantitative estimate of drug-likeness (QED) is 0.189. The summed E-state index contributed by atoms with van der Waals surface area (Å²) >= 11 is 12.5. The molecule has 0 bridgehead atoms. The normalized spacial score (nSPS) is 11.4. The zero-order valence-corrected chi connectivity index (χ0v) is 25.4. The maximum absolute atomic E-state index is 13.4. The van der Waals surface area contributed by atoms with E-state index in [1.54, 1.807) is 43.3 Å². The molecule has 0 aromatic heterocycles. The van der Waals surface area contributed by atoms with Gasteiger partial charge in [-0.1, -0.05) is 60.1 Å². The molecule has 0 radical (unpaired) electrons. The molecule has 13 heteroatoms. The third kappa shape index (κ3) is 6.72. The average Bonchev–Trinajstić information content (AvgIpc) is 2.88. The van der Waals surface area contributed by atoms with Crippen molar-refractivity contribution in [3.05, 3.63) is 81.8 Å². The minimum Gasteiger partial charge on any atom is -0.870 e. The molecule has 0 saturated heterocycles. The van der Waals surface area contributed by atoms with Crippen LogP contribution in [0.2, 0.25) is 10.0 Å². The molecule has 0 unspecified atom stereocenters. The number of carbonyl (C=O) groups excluding carboxylic acids is 1. The number of anilines is 1. The molecule has 1 amide bonds. The van der Waals surface area contributed by atoms with Crippen molar-refractivity contribution < 1.29 is 57.2 Å². The van der Waals surface area contributed by atoms with Gasteiger partial charge in [-0.05, 0) is 47.7 Å². The average molecular weight is 596 g/mol. The summed E-state index contributed by atoms with van der Waals surface area (Å²) in [6.07, 6.45) is 0.288. The van der Waals surface area contributed by atoms with Gasteiger partial charge in [0.25, 0.3) is 16.0 Å². The topological polar surface area (TPSA) is 140 Å². The minimum absolute atomic E-state index is 0. The molecule has 0 aliphatic carbocycles. The molecule has 39 heavy (non-hydrogen) atoms. The Morgan fingerprint density at radius 3 is 2.44 bits per heavy atom. The fraction of sp³-hybridized carbons (Fsp3) is 0.115. The van der Waals surface area contributed by atoms with Gasteiger partial charge in [0.15, 0.2) is 0 Å². The molecular formula is C26H20Cl2N3NaO6S. The van der Waals surface area contributed by atoms with E-state index in [2.05, 4.69) is 15.5 Å². The summed E-state index contributed by atoms with van der Waals surface area (Å²) in [5.74, 6) is -0.998. The Kier molecular flexibility index (Phi) is 10.0. The van der Waals surface area contributed by atoms with Gasteiger partial charge in [-0.2, -0.15) is 13.5 Å². The second-order valence-electron chi connectivity index (χ2n) is 8.06. The van der Waals surface area contributed by atoms with E-state index >= 15 is 0 Å². The summed E-state index contributed by atoms with van der Waals surface area (Å²) < 4.78 is 38.4. The maximum Gasteiger partial charge on any atom is 1.00 e. The van der Waals surface area contributed by atoms with E-state index in [1.807, 2.05) is 0 Å². The van der Waals surface area contributed by atoms with E-state index in [9.17, 15) is 22.9 Å². The molecule has 0 atom stereocenters. The Morgan fingerprint density at radius 1 is 1.05 bits per heavy atom. The van der Waals surface area contributed by atoms with Crippen LogP contribution in [0.1, 0.15) is 22.8 Å². The van der Waals surface area contributed by atoms with Crippen molar-refractivity contribution in [1.29, 1.82) is 0 Å². The van der Waals surface area contributed by atoms with Gasteiger partial charge in [-0.15, -0.1) is 5.11 Å².